The van der Waals surface area contributed by atoms with Gasteiger partial charge in [-0.25, -0.2) is 37.1 Å². The topological polar surface area (TPSA) is 133 Å². The highest BCUT2D eigenvalue weighted by Crippen LogP contribution is 2.25. The van der Waals surface area contributed by atoms with E-state index in [0.717, 1.165) is 4.57 Å². The Morgan fingerprint density at radius 1 is 1.20 bits per heavy atom. The number of aromatic nitrogens is 4. The van der Waals surface area contributed by atoms with Crippen molar-refractivity contribution in [2.45, 2.75) is 18.0 Å². The van der Waals surface area contributed by atoms with Crippen LogP contribution in [0.3, 0.4) is 0 Å². The first kappa shape index (κ1) is 20.1. The minimum atomic E-state index is -4.30. The zero-order chi connectivity index (χ0) is 21.8. The quantitative estimate of drug-likeness (QED) is 0.486. The van der Waals surface area contributed by atoms with E-state index in [0.29, 0.717) is 34.2 Å². The standard InChI is InChI=1S/C18H15F2N5O4S/c1-24-15-6-22-17-11(3-2-9(8-26)23-17)16(15)25(18(24)27)7-12-13(19)4-10(5-14(12)20)30(21,28)29/h2-6,26H,7-8H2,1H3,(H2,21,28,29). The van der Waals surface area contributed by atoms with Gasteiger partial charge in [0.2, 0.25) is 10.0 Å². The van der Waals surface area contributed by atoms with Crippen molar-refractivity contribution in [2.75, 3.05) is 0 Å². The molecule has 1 aromatic carbocycles. The Morgan fingerprint density at radius 3 is 2.47 bits per heavy atom. The van der Waals surface area contributed by atoms with Gasteiger partial charge in [-0.3, -0.25) is 9.13 Å². The van der Waals surface area contributed by atoms with Gasteiger partial charge in [0.15, 0.2) is 5.65 Å². The average molecular weight is 435 g/mol. The van der Waals surface area contributed by atoms with Crippen LogP contribution in [0.15, 0.2) is 40.2 Å². The molecular weight excluding hydrogens is 420 g/mol. The van der Waals surface area contributed by atoms with Gasteiger partial charge < -0.3 is 5.11 Å². The Hall–Kier alpha value is -3.22. The molecule has 0 radical (unpaired) electrons. The number of hydrogen-bond donors (Lipinski definition) is 2. The molecule has 0 aliphatic carbocycles. The zero-order valence-corrected chi connectivity index (χ0v) is 16.3. The minimum Gasteiger partial charge on any atom is -0.390 e. The molecule has 30 heavy (non-hydrogen) atoms. The van der Waals surface area contributed by atoms with E-state index in [9.17, 15) is 27.1 Å². The zero-order valence-electron chi connectivity index (χ0n) is 15.5. The lowest BCUT2D eigenvalue weighted by molar-refractivity contribution is 0.277. The molecule has 0 unspecified atom stereocenters. The van der Waals surface area contributed by atoms with Gasteiger partial charge in [-0.1, -0.05) is 0 Å². The Morgan fingerprint density at radius 2 is 1.87 bits per heavy atom. The molecule has 0 aliphatic rings. The first-order chi connectivity index (χ1) is 14.1. The summed E-state index contributed by atoms with van der Waals surface area (Å²) < 4.78 is 54.3. The molecule has 3 heterocycles. The third-order valence-corrected chi connectivity index (χ3v) is 5.70. The molecule has 0 amide bonds. The van der Waals surface area contributed by atoms with Gasteiger partial charge in [-0.2, -0.15) is 0 Å². The molecule has 0 atom stereocenters. The predicted molar refractivity (Wildman–Crippen MR) is 103 cm³/mol. The summed E-state index contributed by atoms with van der Waals surface area (Å²) in [5.74, 6) is -2.30. The molecule has 0 bridgehead atoms. The lowest BCUT2D eigenvalue weighted by Gasteiger charge is -2.10. The van der Waals surface area contributed by atoms with Crippen LogP contribution in [0.2, 0.25) is 0 Å². The number of sulfonamides is 1. The average Bonchev–Trinajstić information content (AvgIpc) is 2.94. The van der Waals surface area contributed by atoms with Crippen LogP contribution < -0.4 is 10.8 Å². The number of rotatable bonds is 4. The summed E-state index contributed by atoms with van der Waals surface area (Å²) in [6.45, 7) is -0.802. The summed E-state index contributed by atoms with van der Waals surface area (Å²) in [7, 11) is -2.81. The fraction of sp³-hybridized carbons (Fsp3) is 0.167. The summed E-state index contributed by atoms with van der Waals surface area (Å²) in [6.07, 6.45) is 1.40. The van der Waals surface area contributed by atoms with Crippen molar-refractivity contribution in [3.63, 3.8) is 0 Å². The smallest absolute Gasteiger partial charge is 0.329 e. The predicted octanol–water partition coefficient (Wildman–Crippen LogP) is 0.749. The fourth-order valence-corrected chi connectivity index (χ4v) is 3.82. The summed E-state index contributed by atoms with van der Waals surface area (Å²) >= 11 is 0. The second kappa shape index (κ2) is 6.93. The van der Waals surface area contributed by atoms with E-state index in [1.165, 1.54) is 17.8 Å². The highest BCUT2D eigenvalue weighted by molar-refractivity contribution is 7.89. The van der Waals surface area contributed by atoms with Crippen molar-refractivity contribution in [3.05, 3.63) is 63.8 Å². The van der Waals surface area contributed by atoms with Crippen LogP contribution in [0.1, 0.15) is 11.3 Å². The van der Waals surface area contributed by atoms with E-state index in [1.54, 1.807) is 12.1 Å². The first-order valence-corrected chi connectivity index (χ1v) is 10.1. The Balaban J connectivity index is 1.97. The van der Waals surface area contributed by atoms with Gasteiger partial charge in [0, 0.05) is 18.0 Å². The van der Waals surface area contributed by atoms with E-state index >= 15 is 0 Å². The van der Waals surface area contributed by atoms with Crippen molar-refractivity contribution in [3.8, 4) is 0 Å². The number of imidazole rings is 1. The number of nitrogens with zero attached hydrogens (tertiary/aromatic N) is 4. The first-order valence-electron chi connectivity index (χ1n) is 8.57. The molecule has 4 rings (SSSR count). The van der Waals surface area contributed by atoms with Gasteiger partial charge >= 0.3 is 5.69 Å². The van der Waals surface area contributed by atoms with Crippen LogP contribution in [0.4, 0.5) is 8.78 Å². The van der Waals surface area contributed by atoms with E-state index in [-0.39, 0.29) is 12.3 Å². The SMILES string of the molecule is Cn1c(=O)n(Cc2c(F)cc(S(N)(=O)=O)cc2F)c2c3ccc(CO)nc3ncc21. The third-order valence-electron chi connectivity index (χ3n) is 4.81. The van der Waals surface area contributed by atoms with Gasteiger partial charge in [-0.15, -0.1) is 0 Å². The van der Waals surface area contributed by atoms with Crippen LogP contribution in [-0.4, -0.2) is 32.6 Å². The van der Waals surface area contributed by atoms with Gasteiger partial charge in [0.1, 0.15) is 11.6 Å². The van der Waals surface area contributed by atoms with Crippen LogP contribution in [0.5, 0.6) is 0 Å². The van der Waals surface area contributed by atoms with Crippen LogP contribution in [0.25, 0.3) is 22.1 Å². The van der Waals surface area contributed by atoms with Crippen molar-refractivity contribution in [1.82, 2.24) is 19.1 Å². The normalized spacial score (nSPS) is 12.2. The lowest BCUT2D eigenvalue weighted by atomic mass is 10.2. The van der Waals surface area contributed by atoms with Crippen LogP contribution in [-0.2, 0) is 30.2 Å². The number of aryl methyl sites for hydroxylation is 1. The molecule has 0 aliphatic heterocycles. The Kier molecular flexibility index (Phi) is 4.64. The number of nitrogens with two attached hydrogens (primary N) is 1. The summed E-state index contributed by atoms with van der Waals surface area (Å²) in [5.41, 5.74) is 0.322. The summed E-state index contributed by atoms with van der Waals surface area (Å²) in [5, 5.41) is 14.6. The largest absolute Gasteiger partial charge is 0.390 e. The van der Waals surface area contributed by atoms with E-state index < -0.39 is 44.4 Å². The number of halogens is 2. The highest BCUT2D eigenvalue weighted by atomic mass is 32.2. The van der Waals surface area contributed by atoms with Crippen LogP contribution >= 0.6 is 0 Å². The highest BCUT2D eigenvalue weighted by Gasteiger charge is 2.21. The molecule has 3 aromatic heterocycles. The number of pyridine rings is 2. The van der Waals surface area contributed by atoms with Crippen LogP contribution in [0, 0.1) is 11.6 Å². The molecule has 0 saturated carbocycles. The van der Waals surface area contributed by atoms with Gasteiger partial charge in [0.05, 0.1) is 41.0 Å². The van der Waals surface area contributed by atoms with Gasteiger partial charge in [0.25, 0.3) is 0 Å². The van der Waals surface area contributed by atoms with Crippen molar-refractivity contribution >= 4 is 32.1 Å². The van der Waals surface area contributed by atoms with Gasteiger partial charge in [-0.05, 0) is 24.3 Å². The Labute approximate surface area is 168 Å². The molecule has 4 aromatic rings. The third kappa shape index (κ3) is 3.14. The van der Waals surface area contributed by atoms with E-state index in [2.05, 4.69) is 9.97 Å². The minimum absolute atomic E-state index is 0.249. The van der Waals surface area contributed by atoms with Crippen molar-refractivity contribution in [1.29, 1.82) is 0 Å². The second-order valence-corrected chi connectivity index (χ2v) is 8.22. The molecular formula is C18H15F2N5O4S. The summed E-state index contributed by atoms with van der Waals surface area (Å²) in [4.78, 5) is 20.5. The number of hydrogen-bond acceptors (Lipinski definition) is 6. The van der Waals surface area contributed by atoms with E-state index in [1.807, 2.05) is 0 Å². The fourth-order valence-electron chi connectivity index (χ4n) is 3.29. The molecule has 0 fully saturated rings. The number of aliphatic hydroxyl groups is 1. The molecule has 156 valence electrons. The maximum atomic E-state index is 14.5. The second-order valence-electron chi connectivity index (χ2n) is 6.66. The molecule has 3 N–H and O–H groups in total. The number of fused-ring (bicyclic) bond motifs is 3. The maximum absolute atomic E-state index is 14.5. The molecule has 12 heteroatoms. The maximum Gasteiger partial charge on any atom is 0.329 e. The number of benzene rings is 1. The monoisotopic (exact) mass is 435 g/mol. The van der Waals surface area contributed by atoms with Crippen molar-refractivity contribution < 1.29 is 22.3 Å². The van der Waals surface area contributed by atoms with Crippen molar-refractivity contribution in [2.24, 2.45) is 12.2 Å². The Bertz CT molecular complexity index is 1470. The molecule has 9 nitrogen and oxygen atoms in total. The lowest BCUT2D eigenvalue weighted by Crippen LogP contribution is -2.24. The number of primary sulfonamides is 1. The number of aliphatic hydroxyl groups excluding tert-OH is 1. The summed E-state index contributed by atoms with van der Waals surface area (Å²) in [6, 6.07) is 4.38. The molecule has 0 spiro atoms. The van der Waals surface area contributed by atoms with E-state index in [4.69, 9.17) is 5.14 Å². The molecule has 0 saturated heterocycles.